The molecule has 19 heavy (non-hydrogen) atoms. The van der Waals surface area contributed by atoms with Crippen LogP contribution < -0.4 is 5.73 Å². The van der Waals surface area contributed by atoms with Crippen LogP contribution in [0.3, 0.4) is 0 Å². The highest BCUT2D eigenvalue weighted by Gasteiger charge is 2.29. The molecule has 2 N–H and O–H groups in total. The number of likely N-dealkylation sites (tertiary alicyclic amines) is 1. The number of carbonyl (C=O) groups is 1. The van der Waals surface area contributed by atoms with Crippen LogP contribution in [0.5, 0.6) is 0 Å². The van der Waals surface area contributed by atoms with Crippen molar-refractivity contribution >= 4 is 45.8 Å². The van der Waals surface area contributed by atoms with E-state index in [0.29, 0.717) is 16.5 Å². The van der Waals surface area contributed by atoms with E-state index in [1.54, 1.807) is 12.1 Å². The van der Waals surface area contributed by atoms with Crippen LogP contribution in [0.15, 0.2) is 22.7 Å². The fraction of sp³-hybridized carbons (Fsp3) is 0.462. The molecule has 2 unspecified atom stereocenters. The SMILES string of the molecule is CC(N)C1CCN(C(=O)c2cc(Br)ccc2Cl)C1.Cl. The zero-order chi connectivity index (χ0) is 13.3. The molecule has 0 radical (unpaired) electrons. The number of carbonyl (C=O) groups excluding carboxylic acids is 1. The summed E-state index contributed by atoms with van der Waals surface area (Å²) in [4.78, 5) is 14.2. The lowest BCUT2D eigenvalue weighted by Gasteiger charge is -2.18. The summed E-state index contributed by atoms with van der Waals surface area (Å²) < 4.78 is 0.859. The predicted molar refractivity (Wildman–Crippen MR) is 84.1 cm³/mol. The Morgan fingerprint density at radius 2 is 2.26 bits per heavy atom. The summed E-state index contributed by atoms with van der Waals surface area (Å²) in [6.45, 7) is 3.47. The molecule has 0 bridgehead atoms. The van der Waals surface area contributed by atoms with Crippen LogP contribution in [0, 0.1) is 5.92 Å². The third kappa shape index (κ3) is 3.85. The average molecular weight is 368 g/mol. The molecule has 1 heterocycles. The zero-order valence-electron chi connectivity index (χ0n) is 10.6. The first-order valence-electron chi connectivity index (χ1n) is 5.99. The first-order chi connectivity index (χ1) is 8.49. The molecule has 1 amide bonds. The van der Waals surface area contributed by atoms with E-state index in [4.69, 9.17) is 17.3 Å². The molecule has 6 heteroatoms. The van der Waals surface area contributed by atoms with Crippen molar-refractivity contribution < 1.29 is 4.79 Å². The zero-order valence-corrected chi connectivity index (χ0v) is 13.8. The van der Waals surface area contributed by atoms with Crippen LogP contribution in [0.2, 0.25) is 5.02 Å². The molecule has 2 rings (SSSR count). The maximum atomic E-state index is 12.4. The molecule has 1 fully saturated rings. The summed E-state index contributed by atoms with van der Waals surface area (Å²) in [6, 6.07) is 5.45. The standard InChI is InChI=1S/C13H16BrClN2O.ClH/c1-8(16)9-4-5-17(7-9)13(18)11-6-10(14)2-3-12(11)15;/h2-3,6,8-9H,4-5,7,16H2,1H3;1H. The summed E-state index contributed by atoms with van der Waals surface area (Å²) in [5.74, 6) is 0.379. The topological polar surface area (TPSA) is 46.3 Å². The van der Waals surface area contributed by atoms with E-state index in [-0.39, 0.29) is 24.4 Å². The summed E-state index contributed by atoms with van der Waals surface area (Å²) in [7, 11) is 0. The maximum absolute atomic E-state index is 12.4. The van der Waals surface area contributed by atoms with E-state index in [0.717, 1.165) is 24.0 Å². The molecule has 1 aromatic rings. The molecule has 1 saturated heterocycles. The average Bonchev–Trinajstić information content (AvgIpc) is 2.81. The minimum atomic E-state index is -0.00977. The Kier molecular flexibility index (Phi) is 6.12. The molecule has 106 valence electrons. The summed E-state index contributed by atoms with van der Waals surface area (Å²) in [5, 5.41) is 0.493. The molecule has 3 nitrogen and oxygen atoms in total. The van der Waals surface area contributed by atoms with Gasteiger partial charge in [0.05, 0.1) is 10.6 Å². The number of nitrogens with zero attached hydrogens (tertiary/aromatic N) is 1. The first kappa shape index (κ1) is 16.8. The molecule has 1 aliphatic rings. The summed E-state index contributed by atoms with van der Waals surface area (Å²) >= 11 is 9.43. The molecule has 0 spiro atoms. The van der Waals surface area contributed by atoms with Gasteiger partial charge in [-0.2, -0.15) is 0 Å². The van der Waals surface area contributed by atoms with E-state index in [1.165, 1.54) is 0 Å². The Labute approximate surface area is 133 Å². The molecular formula is C13H17BrCl2N2O. The Morgan fingerprint density at radius 3 is 2.84 bits per heavy atom. The Bertz CT molecular complexity index is 468. The van der Waals surface area contributed by atoms with Gasteiger partial charge in [-0.1, -0.05) is 27.5 Å². The Hall–Kier alpha value is -0.290. The van der Waals surface area contributed by atoms with Crippen molar-refractivity contribution in [3.8, 4) is 0 Å². The minimum absolute atomic E-state index is 0. The number of halogens is 3. The van der Waals surface area contributed by atoms with Crippen molar-refractivity contribution in [3.63, 3.8) is 0 Å². The van der Waals surface area contributed by atoms with Gasteiger partial charge in [0.25, 0.3) is 5.91 Å². The van der Waals surface area contributed by atoms with Gasteiger partial charge in [-0.25, -0.2) is 0 Å². The van der Waals surface area contributed by atoms with Crippen molar-refractivity contribution in [1.82, 2.24) is 4.90 Å². The smallest absolute Gasteiger partial charge is 0.255 e. The summed E-state index contributed by atoms with van der Waals surface area (Å²) in [5.41, 5.74) is 6.43. The number of nitrogens with two attached hydrogens (primary N) is 1. The predicted octanol–water partition coefficient (Wildman–Crippen LogP) is 3.33. The summed E-state index contributed by atoms with van der Waals surface area (Å²) in [6.07, 6.45) is 0.967. The van der Waals surface area contributed by atoms with Gasteiger partial charge in [-0.05, 0) is 37.5 Å². The van der Waals surface area contributed by atoms with Crippen molar-refractivity contribution in [1.29, 1.82) is 0 Å². The van der Waals surface area contributed by atoms with E-state index >= 15 is 0 Å². The van der Waals surface area contributed by atoms with Gasteiger partial charge in [0.2, 0.25) is 0 Å². The highest BCUT2D eigenvalue weighted by molar-refractivity contribution is 9.10. The van der Waals surface area contributed by atoms with E-state index in [2.05, 4.69) is 15.9 Å². The lowest BCUT2D eigenvalue weighted by molar-refractivity contribution is 0.0786. The fourth-order valence-corrected chi connectivity index (χ4v) is 2.79. The Morgan fingerprint density at radius 1 is 1.58 bits per heavy atom. The molecule has 0 aromatic heterocycles. The molecule has 0 aliphatic carbocycles. The monoisotopic (exact) mass is 366 g/mol. The third-order valence-corrected chi connectivity index (χ3v) is 4.24. The van der Waals surface area contributed by atoms with Crippen LogP contribution in [0.1, 0.15) is 23.7 Å². The van der Waals surface area contributed by atoms with Crippen LogP contribution in [0.4, 0.5) is 0 Å². The Balaban J connectivity index is 0.00000180. The first-order valence-corrected chi connectivity index (χ1v) is 7.16. The van der Waals surface area contributed by atoms with E-state index in [1.807, 2.05) is 17.9 Å². The lowest BCUT2D eigenvalue weighted by Crippen LogP contribution is -2.33. The molecule has 1 aliphatic heterocycles. The van der Waals surface area contributed by atoms with Gasteiger partial charge in [0, 0.05) is 23.6 Å². The lowest BCUT2D eigenvalue weighted by atomic mass is 10.0. The minimum Gasteiger partial charge on any atom is -0.338 e. The number of hydrogen-bond acceptors (Lipinski definition) is 2. The van der Waals surface area contributed by atoms with E-state index in [9.17, 15) is 4.79 Å². The van der Waals surface area contributed by atoms with Crippen LogP contribution in [0.25, 0.3) is 0 Å². The van der Waals surface area contributed by atoms with Gasteiger partial charge in [-0.15, -0.1) is 12.4 Å². The normalized spacial score (nSPS) is 20.0. The largest absolute Gasteiger partial charge is 0.338 e. The molecule has 2 atom stereocenters. The maximum Gasteiger partial charge on any atom is 0.255 e. The van der Waals surface area contributed by atoms with Crippen molar-refractivity contribution in [3.05, 3.63) is 33.3 Å². The quantitative estimate of drug-likeness (QED) is 0.871. The molecule has 1 aromatic carbocycles. The van der Waals surface area contributed by atoms with Crippen LogP contribution in [-0.2, 0) is 0 Å². The fourth-order valence-electron chi connectivity index (χ4n) is 2.23. The van der Waals surface area contributed by atoms with Crippen molar-refractivity contribution in [2.45, 2.75) is 19.4 Å². The highest BCUT2D eigenvalue weighted by Crippen LogP contribution is 2.26. The van der Waals surface area contributed by atoms with Crippen molar-refractivity contribution in [2.24, 2.45) is 11.7 Å². The van der Waals surface area contributed by atoms with Gasteiger partial charge >= 0.3 is 0 Å². The van der Waals surface area contributed by atoms with Crippen LogP contribution in [-0.4, -0.2) is 29.9 Å². The number of amides is 1. The van der Waals surface area contributed by atoms with E-state index < -0.39 is 0 Å². The number of hydrogen-bond donors (Lipinski definition) is 1. The number of rotatable bonds is 2. The second kappa shape index (κ2) is 6.93. The number of benzene rings is 1. The molecule has 0 saturated carbocycles. The van der Waals surface area contributed by atoms with Crippen LogP contribution >= 0.6 is 39.9 Å². The van der Waals surface area contributed by atoms with Gasteiger partial charge in [0.15, 0.2) is 0 Å². The van der Waals surface area contributed by atoms with Gasteiger partial charge in [-0.3, -0.25) is 4.79 Å². The third-order valence-electron chi connectivity index (χ3n) is 3.41. The molecular weight excluding hydrogens is 351 g/mol. The van der Waals surface area contributed by atoms with Crippen molar-refractivity contribution in [2.75, 3.05) is 13.1 Å². The van der Waals surface area contributed by atoms with Gasteiger partial charge in [0.1, 0.15) is 0 Å². The second-order valence-corrected chi connectivity index (χ2v) is 6.11. The highest BCUT2D eigenvalue weighted by atomic mass is 79.9. The van der Waals surface area contributed by atoms with Gasteiger partial charge < -0.3 is 10.6 Å². The second-order valence-electron chi connectivity index (χ2n) is 4.78.